The number of nitrogens with one attached hydrogen (secondary N) is 1. The standard InChI is InChI=1S/C18H18N4O3S2/c1-10-6-5-7-11(8-10)9-12-14(23)20-17(26-12)21-16-19-13(18(2,3)4)15(27-16)22(24)25/h5-9H,1-4H3,(H,19,20,21,23). The highest BCUT2D eigenvalue weighted by Crippen LogP contribution is 2.39. The molecule has 0 unspecified atom stereocenters. The van der Waals surface area contributed by atoms with Crippen LogP contribution in [0.15, 0.2) is 34.2 Å². The summed E-state index contributed by atoms with van der Waals surface area (Å²) in [5, 5.41) is 14.6. The number of thiazole rings is 1. The van der Waals surface area contributed by atoms with Crippen molar-refractivity contribution in [2.24, 2.45) is 4.99 Å². The molecule has 0 radical (unpaired) electrons. The Morgan fingerprint density at radius 1 is 1.33 bits per heavy atom. The third kappa shape index (κ3) is 4.42. The SMILES string of the molecule is Cc1cccc(C=C2SC(=Nc3nc(C(C)(C)C)c([N+](=O)[O-])s3)NC2=O)c1. The third-order valence-electron chi connectivity index (χ3n) is 3.66. The van der Waals surface area contributed by atoms with E-state index in [1.165, 1.54) is 11.8 Å². The van der Waals surface area contributed by atoms with Crippen LogP contribution >= 0.6 is 23.1 Å². The second-order valence-corrected chi connectivity index (χ2v) is 9.04. The fourth-order valence-corrected chi connectivity index (χ4v) is 4.29. The highest BCUT2D eigenvalue weighted by atomic mass is 32.2. The molecule has 0 saturated carbocycles. The smallest absolute Gasteiger partial charge is 0.300 e. The van der Waals surface area contributed by atoms with Crippen LogP contribution in [0, 0.1) is 17.0 Å². The molecular formula is C18H18N4O3S2. The summed E-state index contributed by atoms with van der Waals surface area (Å²) < 4.78 is 0. The van der Waals surface area contributed by atoms with Gasteiger partial charge in [-0.15, -0.1) is 0 Å². The first kappa shape index (κ1) is 19.2. The van der Waals surface area contributed by atoms with E-state index >= 15 is 0 Å². The van der Waals surface area contributed by atoms with Gasteiger partial charge in [0.2, 0.25) is 5.13 Å². The minimum Gasteiger partial charge on any atom is -0.300 e. The van der Waals surface area contributed by atoms with Gasteiger partial charge in [0.25, 0.3) is 5.91 Å². The van der Waals surface area contributed by atoms with Crippen molar-refractivity contribution >= 4 is 50.4 Å². The molecule has 1 saturated heterocycles. The fourth-order valence-electron chi connectivity index (χ4n) is 2.44. The van der Waals surface area contributed by atoms with E-state index in [1.54, 1.807) is 6.08 Å². The van der Waals surface area contributed by atoms with Gasteiger partial charge in [-0.3, -0.25) is 14.9 Å². The quantitative estimate of drug-likeness (QED) is 0.461. The number of nitrogens with zero attached hydrogens (tertiary/aromatic N) is 3. The van der Waals surface area contributed by atoms with Gasteiger partial charge in [0.05, 0.1) is 9.83 Å². The lowest BCUT2D eigenvalue weighted by Gasteiger charge is -2.13. The number of carbonyl (C=O) groups is 1. The third-order valence-corrected chi connectivity index (χ3v) is 5.47. The Labute approximate surface area is 164 Å². The topological polar surface area (TPSA) is 97.5 Å². The number of aromatic nitrogens is 1. The van der Waals surface area contributed by atoms with Crippen molar-refractivity contribution in [1.82, 2.24) is 10.3 Å². The van der Waals surface area contributed by atoms with E-state index in [0.29, 0.717) is 15.8 Å². The maximum Gasteiger partial charge on any atom is 0.349 e. The maximum absolute atomic E-state index is 12.2. The number of benzene rings is 1. The monoisotopic (exact) mass is 402 g/mol. The molecule has 2 heterocycles. The van der Waals surface area contributed by atoms with Gasteiger partial charge in [-0.2, -0.15) is 4.99 Å². The van der Waals surface area contributed by atoms with E-state index < -0.39 is 10.3 Å². The van der Waals surface area contributed by atoms with Crippen molar-refractivity contribution in [3.05, 3.63) is 56.1 Å². The number of hydrogen-bond donors (Lipinski definition) is 1. The van der Waals surface area contributed by atoms with Crippen LogP contribution in [0.2, 0.25) is 0 Å². The molecule has 1 N–H and O–H groups in total. The number of thioether (sulfide) groups is 1. The number of amidine groups is 1. The molecule has 1 amide bonds. The van der Waals surface area contributed by atoms with Gasteiger partial charge in [0.1, 0.15) is 5.69 Å². The van der Waals surface area contributed by atoms with Gasteiger partial charge in [-0.05, 0) is 41.7 Å². The first-order chi connectivity index (χ1) is 12.6. The molecule has 2 aromatic rings. The average Bonchev–Trinajstić information content (AvgIpc) is 3.12. The first-order valence-corrected chi connectivity index (χ1v) is 9.79. The molecule has 0 spiro atoms. The van der Waals surface area contributed by atoms with Gasteiger partial charge < -0.3 is 5.32 Å². The van der Waals surface area contributed by atoms with Crippen LogP contribution in [0.5, 0.6) is 0 Å². The highest BCUT2D eigenvalue weighted by molar-refractivity contribution is 8.18. The van der Waals surface area contributed by atoms with E-state index in [-0.39, 0.29) is 16.0 Å². The Balaban J connectivity index is 1.89. The zero-order chi connectivity index (χ0) is 19.8. The molecule has 140 valence electrons. The van der Waals surface area contributed by atoms with Crippen molar-refractivity contribution < 1.29 is 9.72 Å². The van der Waals surface area contributed by atoms with Crippen LogP contribution in [0.4, 0.5) is 10.1 Å². The average molecular weight is 403 g/mol. The van der Waals surface area contributed by atoms with Gasteiger partial charge in [-0.25, -0.2) is 4.98 Å². The van der Waals surface area contributed by atoms with Gasteiger partial charge in [-0.1, -0.05) is 50.6 Å². The highest BCUT2D eigenvalue weighted by Gasteiger charge is 2.31. The number of aliphatic imine (C=N–C) groups is 1. The number of rotatable bonds is 3. The molecule has 1 aliphatic heterocycles. The Hall–Kier alpha value is -2.52. The molecule has 1 aromatic heterocycles. The van der Waals surface area contributed by atoms with Crippen molar-refractivity contribution in [3.8, 4) is 0 Å². The van der Waals surface area contributed by atoms with Crippen molar-refractivity contribution in [2.75, 3.05) is 0 Å². The zero-order valence-electron chi connectivity index (χ0n) is 15.3. The van der Waals surface area contributed by atoms with Crippen LogP contribution in [0.1, 0.15) is 37.6 Å². The van der Waals surface area contributed by atoms with Crippen molar-refractivity contribution in [1.29, 1.82) is 0 Å². The number of aryl methyl sites for hydroxylation is 1. The van der Waals surface area contributed by atoms with E-state index in [2.05, 4.69) is 15.3 Å². The lowest BCUT2D eigenvalue weighted by molar-refractivity contribution is -0.381. The van der Waals surface area contributed by atoms with Gasteiger partial charge >= 0.3 is 5.00 Å². The fraction of sp³-hybridized carbons (Fsp3) is 0.278. The second kappa shape index (κ2) is 7.24. The van der Waals surface area contributed by atoms with Crippen LogP contribution in [-0.4, -0.2) is 21.0 Å². The Morgan fingerprint density at radius 3 is 2.67 bits per heavy atom. The van der Waals surface area contributed by atoms with E-state index in [1.807, 2.05) is 52.0 Å². The summed E-state index contributed by atoms with van der Waals surface area (Å²) in [7, 11) is 0. The summed E-state index contributed by atoms with van der Waals surface area (Å²) in [5.74, 6) is -0.248. The summed E-state index contributed by atoms with van der Waals surface area (Å²) >= 11 is 2.10. The predicted octanol–water partition coefficient (Wildman–Crippen LogP) is 4.55. The molecule has 1 fully saturated rings. The van der Waals surface area contributed by atoms with Crippen molar-refractivity contribution in [2.45, 2.75) is 33.1 Å². The van der Waals surface area contributed by atoms with E-state index in [0.717, 1.165) is 22.5 Å². The van der Waals surface area contributed by atoms with Crippen LogP contribution < -0.4 is 5.32 Å². The second-order valence-electron chi connectivity index (χ2n) is 7.05. The van der Waals surface area contributed by atoms with Crippen LogP contribution in [0.25, 0.3) is 6.08 Å². The van der Waals surface area contributed by atoms with Gasteiger partial charge in [0, 0.05) is 5.41 Å². The van der Waals surface area contributed by atoms with Gasteiger partial charge in [0.15, 0.2) is 5.17 Å². The molecule has 0 atom stereocenters. The Kier molecular flexibility index (Phi) is 5.16. The summed E-state index contributed by atoms with van der Waals surface area (Å²) in [6.07, 6.45) is 1.79. The molecule has 1 aromatic carbocycles. The molecule has 0 bridgehead atoms. The minimum absolute atomic E-state index is 0.0216. The molecule has 1 aliphatic rings. The number of carbonyl (C=O) groups excluding carboxylic acids is 1. The predicted molar refractivity (Wildman–Crippen MR) is 109 cm³/mol. The lowest BCUT2D eigenvalue weighted by Crippen LogP contribution is -2.19. The van der Waals surface area contributed by atoms with E-state index in [4.69, 9.17) is 0 Å². The molecule has 9 heteroatoms. The number of nitro groups is 1. The summed E-state index contributed by atoms with van der Waals surface area (Å²) in [6, 6.07) is 7.81. The number of amides is 1. The minimum atomic E-state index is -0.473. The Morgan fingerprint density at radius 2 is 2.07 bits per heavy atom. The molecule has 3 rings (SSSR count). The zero-order valence-corrected chi connectivity index (χ0v) is 16.9. The molecule has 7 nitrogen and oxygen atoms in total. The summed E-state index contributed by atoms with van der Waals surface area (Å²) in [6.45, 7) is 7.57. The largest absolute Gasteiger partial charge is 0.349 e. The Bertz CT molecular complexity index is 987. The normalized spacial score (nSPS) is 17.6. The van der Waals surface area contributed by atoms with E-state index in [9.17, 15) is 14.9 Å². The molecular weight excluding hydrogens is 384 g/mol. The van der Waals surface area contributed by atoms with Crippen LogP contribution in [-0.2, 0) is 10.2 Å². The first-order valence-electron chi connectivity index (χ1n) is 8.15. The summed E-state index contributed by atoms with van der Waals surface area (Å²) in [4.78, 5) is 32.2. The van der Waals surface area contributed by atoms with Crippen LogP contribution in [0.3, 0.4) is 0 Å². The molecule has 27 heavy (non-hydrogen) atoms. The number of hydrogen-bond acceptors (Lipinski definition) is 7. The lowest BCUT2D eigenvalue weighted by atomic mass is 9.93. The summed E-state index contributed by atoms with van der Waals surface area (Å²) in [5.41, 5.74) is 1.95. The molecule has 0 aliphatic carbocycles. The van der Waals surface area contributed by atoms with Crippen molar-refractivity contribution in [3.63, 3.8) is 0 Å². The maximum atomic E-state index is 12.2.